The summed E-state index contributed by atoms with van der Waals surface area (Å²) in [6.45, 7) is -0.953. The Balaban J connectivity index is 0.000000447. The Hall–Kier alpha value is -3.66. The highest BCUT2D eigenvalue weighted by Gasteiger charge is 2.25. The van der Waals surface area contributed by atoms with Gasteiger partial charge in [0.25, 0.3) is 0 Å². The first-order valence-electron chi connectivity index (χ1n) is 7.73. The van der Waals surface area contributed by atoms with E-state index >= 15 is 0 Å². The first-order chi connectivity index (χ1) is 13.6. The summed E-state index contributed by atoms with van der Waals surface area (Å²) < 4.78 is 17.8. The Morgan fingerprint density at radius 2 is 1.69 bits per heavy atom. The van der Waals surface area contributed by atoms with Gasteiger partial charge in [-0.25, -0.2) is 23.6 Å². The summed E-state index contributed by atoms with van der Waals surface area (Å²) in [7, 11) is 0. The van der Waals surface area contributed by atoms with E-state index in [1.807, 2.05) is 0 Å². The number of carbonyl (C=O) groups is 4. The average Bonchev–Trinajstić information content (AvgIpc) is 2.68. The second-order valence-electron chi connectivity index (χ2n) is 5.22. The van der Waals surface area contributed by atoms with Gasteiger partial charge in [-0.1, -0.05) is 23.7 Å². The monoisotopic (exact) mass is 427 g/mol. The number of ether oxygens (including phenoxy) is 1. The summed E-state index contributed by atoms with van der Waals surface area (Å²) in [6, 6.07) is 6.39. The SMILES string of the molecule is O=C(O)/C=C\C(=O)O.O=C(O)C1=C(CF)NC=C(C(=O)Oc2ccccc2Cl)C1. The van der Waals surface area contributed by atoms with Gasteiger partial charge in [-0.2, -0.15) is 0 Å². The van der Waals surface area contributed by atoms with Gasteiger partial charge in [-0.15, -0.1) is 0 Å². The summed E-state index contributed by atoms with van der Waals surface area (Å²) >= 11 is 5.87. The fraction of sp³-hybridized carbons (Fsp3) is 0.111. The van der Waals surface area contributed by atoms with Crippen LogP contribution in [-0.2, 0) is 19.2 Å². The molecular formula is C18H15ClFNO8. The third-order valence-corrected chi connectivity index (χ3v) is 3.53. The summed E-state index contributed by atoms with van der Waals surface area (Å²) in [5, 5.41) is 27.4. The van der Waals surface area contributed by atoms with E-state index in [0.29, 0.717) is 12.2 Å². The molecule has 29 heavy (non-hydrogen) atoms. The second kappa shape index (κ2) is 11.2. The first-order valence-corrected chi connectivity index (χ1v) is 8.11. The minimum Gasteiger partial charge on any atom is -0.478 e. The van der Waals surface area contributed by atoms with Crippen LogP contribution in [0.25, 0.3) is 0 Å². The van der Waals surface area contributed by atoms with Crippen molar-refractivity contribution < 1.29 is 43.6 Å². The van der Waals surface area contributed by atoms with E-state index in [2.05, 4.69) is 5.32 Å². The number of benzene rings is 1. The van der Waals surface area contributed by atoms with Crippen LogP contribution in [0.3, 0.4) is 0 Å². The predicted octanol–water partition coefficient (Wildman–Crippen LogP) is 2.14. The lowest BCUT2D eigenvalue weighted by Crippen LogP contribution is -2.25. The third-order valence-electron chi connectivity index (χ3n) is 3.21. The molecule has 4 N–H and O–H groups in total. The van der Waals surface area contributed by atoms with Crippen molar-refractivity contribution in [2.24, 2.45) is 0 Å². The lowest BCUT2D eigenvalue weighted by atomic mass is 10.0. The van der Waals surface area contributed by atoms with Gasteiger partial charge in [0, 0.05) is 24.8 Å². The molecule has 9 nitrogen and oxygen atoms in total. The molecule has 0 aromatic heterocycles. The van der Waals surface area contributed by atoms with E-state index < -0.39 is 30.6 Å². The number of hydrogen-bond acceptors (Lipinski definition) is 6. The van der Waals surface area contributed by atoms with Gasteiger partial charge < -0.3 is 25.4 Å². The zero-order chi connectivity index (χ0) is 22.0. The van der Waals surface area contributed by atoms with E-state index in [1.54, 1.807) is 18.2 Å². The van der Waals surface area contributed by atoms with Gasteiger partial charge >= 0.3 is 23.9 Å². The van der Waals surface area contributed by atoms with Gasteiger partial charge in [0.2, 0.25) is 0 Å². The van der Waals surface area contributed by atoms with Crippen molar-refractivity contribution in [2.45, 2.75) is 6.42 Å². The Morgan fingerprint density at radius 1 is 1.10 bits per heavy atom. The van der Waals surface area contributed by atoms with Gasteiger partial charge in [0.1, 0.15) is 12.4 Å². The van der Waals surface area contributed by atoms with Crippen molar-refractivity contribution >= 4 is 35.5 Å². The smallest absolute Gasteiger partial charge is 0.341 e. The number of alkyl halides is 1. The molecule has 0 aliphatic carbocycles. The van der Waals surface area contributed by atoms with Crippen LogP contribution < -0.4 is 10.1 Å². The van der Waals surface area contributed by atoms with Gasteiger partial charge in [0.15, 0.2) is 0 Å². The molecule has 11 heteroatoms. The van der Waals surface area contributed by atoms with E-state index in [9.17, 15) is 23.6 Å². The van der Waals surface area contributed by atoms with Gasteiger partial charge in [-0.05, 0) is 12.1 Å². The number of carbonyl (C=O) groups excluding carboxylic acids is 1. The molecule has 0 bridgehead atoms. The van der Waals surface area contributed by atoms with Crippen molar-refractivity contribution in [2.75, 3.05) is 6.67 Å². The molecule has 2 rings (SSSR count). The second-order valence-corrected chi connectivity index (χ2v) is 5.62. The fourth-order valence-corrected chi connectivity index (χ4v) is 2.07. The van der Waals surface area contributed by atoms with E-state index in [-0.39, 0.29) is 34.0 Å². The average molecular weight is 428 g/mol. The molecule has 1 aliphatic heterocycles. The van der Waals surface area contributed by atoms with Crippen molar-refractivity contribution in [1.82, 2.24) is 5.32 Å². The predicted molar refractivity (Wildman–Crippen MR) is 98.0 cm³/mol. The Labute approximate surface area is 168 Å². The molecule has 0 amide bonds. The minimum atomic E-state index is -1.29. The summed E-state index contributed by atoms with van der Waals surface area (Å²) in [4.78, 5) is 42.1. The Kier molecular flexibility index (Phi) is 9.06. The maximum Gasteiger partial charge on any atom is 0.341 e. The van der Waals surface area contributed by atoms with E-state index in [4.69, 9.17) is 31.7 Å². The lowest BCUT2D eigenvalue weighted by Gasteiger charge is -2.17. The van der Waals surface area contributed by atoms with Gasteiger partial charge in [0.05, 0.1) is 21.9 Å². The first kappa shape index (κ1) is 23.4. The molecule has 0 spiro atoms. The maximum atomic E-state index is 12.7. The Bertz CT molecular complexity index is 891. The maximum absolute atomic E-state index is 12.7. The van der Waals surface area contributed by atoms with Crippen molar-refractivity contribution in [1.29, 1.82) is 0 Å². The number of para-hydroxylation sites is 1. The molecule has 1 heterocycles. The quantitative estimate of drug-likeness (QED) is 0.304. The van der Waals surface area contributed by atoms with Crippen LogP contribution >= 0.6 is 11.6 Å². The molecule has 154 valence electrons. The lowest BCUT2D eigenvalue weighted by molar-refractivity contribution is -0.134. The van der Waals surface area contributed by atoms with Crippen molar-refractivity contribution in [3.05, 3.63) is 64.5 Å². The van der Waals surface area contributed by atoms with Crippen LogP contribution in [0.1, 0.15) is 6.42 Å². The number of carboxylic acid groups (broad SMARTS) is 3. The van der Waals surface area contributed by atoms with Crippen LogP contribution in [0, 0.1) is 0 Å². The zero-order valence-corrected chi connectivity index (χ0v) is 15.4. The number of esters is 1. The number of carboxylic acids is 3. The topological polar surface area (TPSA) is 150 Å². The molecule has 0 radical (unpaired) electrons. The van der Waals surface area contributed by atoms with E-state index in [1.165, 1.54) is 12.3 Å². The molecule has 1 aromatic rings. The Morgan fingerprint density at radius 3 is 2.17 bits per heavy atom. The third kappa shape index (κ3) is 7.85. The van der Waals surface area contributed by atoms with Crippen LogP contribution in [0.5, 0.6) is 5.75 Å². The highest BCUT2D eigenvalue weighted by molar-refractivity contribution is 6.32. The molecule has 0 saturated heterocycles. The highest BCUT2D eigenvalue weighted by Crippen LogP contribution is 2.26. The molecule has 0 atom stereocenters. The molecule has 0 unspecified atom stereocenters. The number of rotatable bonds is 6. The molecule has 1 aliphatic rings. The van der Waals surface area contributed by atoms with Crippen LogP contribution in [0.4, 0.5) is 4.39 Å². The zero-order valence-electron chi connectivity index (χ0n) is 14.6. The summed E-state index contributed by atoms with van der Waals surface area (Å²) in [6.07, 6.45) is 2.13. The van der Waals surface area contributed by atoms with Crippen molar-refractivity contribution in [3.8, 4) is 5.75 Å². The van der Waals surface area contributed by atoms with Crippen LogP contribution in [-0.4, -0.2) is 45.9 Å². The van der Waals surface area contributed by atoms with E-state index in [0.717, 1.165) is 0 Å². The highest BCUT2D eigenvalue weighted by atomic mass is 35.5. The largest absolute Gasteiger partial charge is 0.478 e. The number of dihydropyridines is 1. The van der Waals surface area contributed by atoms with Gasteiger partial charge in [-0.3, -0.25) is 0 Å². The number of hydrogen-bond donors (Lipinski definition) is 4. The van der Waals surface area contributed by atoms with Crippen LogP contribution in [0.15, 0.2) is 59.5 Å². The number of nitrogens with one attached hydrogen (secondary N) is 1. The van der Waals surface area contributed by atoms with Crippen molar-refractivity contribution in [3.63, 3.8) is 0 Å². The fourth-order valence-electron chi connectivity index (χ4n) is 1.90. The molecular weight excluding hydrogens is 413 g/mol. The number of allylic oxidation sites excluding steroid dienone is 1. The standard InChI is InChI=1S/C14H11ClFNO4.C4H4O4/c15-10-3-1-2-4-12(10)21-14(20)8-5-9(13(18)19)11(6-16)17-7-8;5-3(6)1-2-4(7)8/h1-4,7,17H,5-6H2,(H,18,19);1-2H,(H,5,6)(H,7,8)/b;2-1-. The molecule has 1 aromatic carbocycles. The normalized spacial score (nSPS) is 13.0. The molecule has 0 saturated carbocycles. The van der Waals surface area contributed by atoms with Crippen LogP contribution in [0.2, 0.25) is 5.02 Å². The number of halogens is 2. The molecule has 0 fully saturated rings. The minimum absolute atomic E-state index is 0.0724. The summed E-state index contributed by atoms with van der Waals surface area (Å²) in [5.74, 6) is -4.37. The summed E-state index contributed by atoms with van der Waals surface area (Å²) in [5.41, 5.74) is -0.201. The number of aliphatic carboxylic acids is 3.